The molecule has 2 aromatic carbocycles. The van der Waals surface area contributed by atoms with Gasteiger partial charge in [-0.2, -0.15) is 4.31 Å². The lowest BCUT2D eigenvalue weighted by Gasteiger charge is -2.27. The number of nitrogens with one attached hydrogen (secondary N) is 1. The number of methoxy groups -OCH3 is 1. The lowest BCUT2D eigenvalue weighted by molar-refractivity contribution is -0.121. The summed E-state index contributed by atoms with van der Waals surface area (Å²) in [5.41, 5.74) is 3.20. The van der Waals surface area contributed by atoms with E-state index in [9.17, 15) is 13.2 Å². The van der Waals surface area contributed by atoms with Crippen LogP contribution >= 0.6 is 0 Å². The molecule has 0 saturated carbocycles. The molecule has 2 aliphatic rings. The fourth-order valence-electron chi connectivity index (χ4n) is 4.47. The van der Waals surface area contributed by atoms with Crippen molar-refractivity contribution in [3.63, 3.8) is 0 Å². The van der Waals surface area contributed by atoms with E-state index in [1.165, 1.54) is 15.4 Å². The number of nitrogens with zero attached hydrogens (tertiary/aromatic N) is 1. The van der Waals surface area contributed by atoms with Crippen LogP contribution in [-0.2, 0) is 32.4 Å². The summed E-state index contributed by atoms with van der Waals surface area (Å²) in [5.74, 6) is 0.539. The minimum Gasteiger partial charge on any atom is -0.496 e. The van der Waals surface area contributed by atoms with Gasteiger partial charge < -0.3 is 14.8 Å². The predicted molar refractivity (Wildman–Crippen MR) is 121 cm³/mol. The van der Waals surface area contributed by atoms with Gasteiger partial charge >= 0.3 is 0 Å². The van der Waals surface area contributed by atoms with Gasteiger partial charge in [0.25, 0.3) is 0 Å². The molecule has 1 N–H and O–H groups in total. The van der Waals surface area contributed by atoms with Crippen molar-refractivity contribution in [2.24, 2.45) is 0 Å². The average Bonchev–Trinajstić information content (AvgIpc) is 2.83. The monoisotopic (exact) mass is 458 g/mol. The van der Waals surface area contributed by atoms with E-state index in [0.29, 0.717) is 44.0 Å². The number of hydrogen-bond acceptors (Lipinski definition) is 5. The van der Waals surface area contributed by atoms with E-state index in [1.807, 2.05) is 12.1 Å². The molecule has 1 heterocycles. The van der Waals surface area contributed by atoms with Gasteiger partial charge in [-0.05, 0) is 60.6 Å². The van der Waals surface area contributed by atoms with Crippen molar-refractivity contribution in [2.75, 3.05) is 33.4 Å². The zero-order valence-corrected chi connectivity index (χ0v) is 19.2. The van der Waals surface area contributed by atoms with E-state index >= 15 is 0 Å². The molecule has 8 heteroatoms. The maximum absolute atomic E-state index is 13.0. The molecular weight excluding hydrogens is 428 g/mol. The number of fused-ring (bicyclic) bond motifs is 1. The third-order valence-corrected chi connectivity index (χ3v) is 8.08. The highest BCUT2D eigenvalue weighted by Gasteiger charge is 2.27. The smallest absolute Gasteiger partial charge is 0.243 e. The Labute approximate surface area is 189 Å². The number of carbonyl (C=O) groups is 1. The Morgan fingerprint density at radius 3 is 2.75 bits per heavy atom. The Balaban J connectivity index is 1.45. The Morgan fingerprint density at radius 1 is 1.19 bits per heavy atom. The molecule has 0 bridgehead atoms. The van der Waals surface area contributed by atoms with Crippen molar-refractivity contribution in [2.45, 2.75) is 43.0 Å². The number of ether oxygens (including phenoxy) is 2. The Bertz CT molecular complexity index is 1060. The van der Waals surface area contributed by atoms with E-state index in [-0.39, 0.29) is 23.3 Å². The molecule has 0 aromatic heterocycles. The summed E-state index contributed by atoms with van der Waals surface area (Å²) < 4.78 is 38.2. The number of carbonyl (C=O) groups excluding carboxylic acids is 1. The molecule has 0 spiro atoms. The number of hydrogen-bond donors (Lipinski definition) is 1. The Morgan fingerprint density at radius 2 is 1.97 bits per heavy atom. The summed E-state index contributed by atoms with van der Waals surface area (Å²) in [6.45, 7) is 1.48. The van der Waals surface area contributed by atoms with Crippen LogP contribution in [0.1, 0.15) is 42.0 Å². The van der Waals surface area contributed by atoms with Crippen molar-refractivity contribution < 1.29 is 22.7 Å². The molecule has 1 amide bonds. The van der Waals surface area contributed by atoms with Gasteiger partial charge in [-0.1, -0.05) is 24.3 Å². The molecule has 1 atom stereocenters. The van der Waals surface area contributed by atoms with Crippen LogP contribution in [-0.4, -0.2) is 52.0 Å². The zero-order valence-electron chi connectivity index (χ0n) is 18.4. The lowest BCUT2D eigenvalue weighted by Crippen LogP contribution is -2.40. The summed E-state index contributed by atoms with van der Waals surface area (Å²) in [6, 6.07) is 13.1. The molecule has 172 valence electrons. The molecule has 1 fully saturated rings. The third kappa shape index (κ3) is 4.98. The van der Waals surface area contributed by atoms with Crippen LogP contribution in [0.15, 0.2) is 47.4 Å². The molecule has 1 aliphatic carbocycles. The topological polar surface area (TPSA) is 84.9 Å². The Hall–Kier alpha value is -2.42. The van der Waals surface area contributed by atoms with Gasteiger partial charge in [-0.25, -0.2) is 8.42 Å². The summed E-state index contributed by atoms with van der Waals surface area (Å²) in [5, 5.41) is 3.16. The number of benzene rings is 2. The molecule has 0 unspecified atom stereocenters. The summed E-state index contributed by atoms with van der Waals surface area (Å²) >= 11 is 0. The van der Waals surface area contributed by atoms with E-state index in [4.69, 9.17) is 9.47 Å². The van der Waals surface area contributed by atoms with Crippen LogP contribution < -0.4 is 10.1 Å². The van der Waals surface area contributed by atoms with Crippen LogP contribution in [0.2, 0.25) is 0 Å². The summed E-state index contributed by atoms with van der Waals surface area (Å²) in [6.07, 6.45) is 3.69. The van der Waals surface area contributed by atoms with Crippen molar-refractivity contribution in [1.82, 2.24) is 9.62 Å². The van der Waals surface area contributed by atoms with E-state index in [2.05, 4.69) is 17.4 Å². The van der Waals surface area contributed by atoms with Crippen molar-refractivity contribution in [3.8, 4) is 5.75 Å². The minimum atomic E-state index is -3.61. The van der Waals surface area contributed by atoms with E-state index < -0.39 is 10.0 Å². The van der Waals surface area contributed by atoms with Crippen molar-refractivity contribution in [1.29, 1.82) is 0 Å². The number of morpholine rings is 1. The zero-order chi connectivity index (χ0) is 22.6. The SMILES string of the molecule is COc1ccc(S(=O)(=O)N2CCOCC2)cc1CCC(=O)N[C@H]1CCCc2ccccc21. The van der Waals surface area contributed by atoms with Gasteiger partial charge in [0.05, 0.1) is 31.3 Å². The quantitative estimate of drug-likeness (QED) is 0.690. The Kier molecular flexibility index (Phi) is 7.13. The molecular formula is C24H30N2O5S. The summed E-state index contributed by atoms with van der Waals surface area (Å²) in [7, 11) is -2.06. The summed E-state index contributed by atoms with van der Waals surface area (Å²) in [4.78, 5) is 13.0. The van der Waals surface area contributed by atoms with Crippen LogP contribution in [0.4, 0.5) is 0 Å². The minimum absolute atomic E-state index is 0.0300. The molecule has 1 aliphatic heterocycles. The highest BCUT2D eigenvalue weighted by Crippen LogP contribution is 2.30. The molecule has 32 heavy (non-hydrogen) atoms. The number of amides is 1. The molecule has 0 radical (unpaired) electrons. The van der Waals surface area contributed by atoms with Crippen molar-refractivity contribution >= 4 is 15.9 Å². The molecule has 4 rings (SSSR count). The van der Waals surface area contributed by atoms with Gasteiger partial charge in [0.1, 0.15) is 5.75 Å². The second kappa shape index (κ2) is 10.0. The van der Waals surface area contributed by atoms with Crippen LogP contribution in [0.25, 0.3) is 0 Å². The first-order valence-corrected chi connectivity index (χ1v) is 12.5. The first-order chi connectivity index (χ1) is 15.5. The van der Waals surface area contributed by atoms with Gasteiger partial charge in [-0.15, -0.1) is 0 Å². The first-order valence-electron chi connectivity index (χ1n) is 11.1. The van der Waals surface area contributed by atoms with E-state index in [0.717, 1.165) is 19.3 Å². The second-order valence-corrected chi connectivity index (χ2v) is 10.1. The highest BCUT2D eigenvalue weighted by molar-refractivity contribution is 7.89. The maximum Gasteiger partial charge on any atom is 0.243 e. The third-order valence-electron chi connectivity index (χ3n) is 6.19. The lowest BCUT2D eigenvalue weighted by atomic mass is 9.87. The largest absolute Gasteiger partial charge is 0.496 e. The normalized spacial score (nSPS) is 19.2. The van der Waals surface area contributed by atoms with Gasteiger partial charge in [0.15, 0.2) is 0 Å². The van der Waals surface area contributed by atoms with Crippen LogP contribution in [0.5, 0.6) is 5.75 Å². The molecule has 1 saturated heterocycles. The number of aryl methyl sites for hydroxylation is 2. The number of rotatable bonds is 7. The predicted octanol–water partition coefficient (Wildman–Crippen LogP) is 2.84. The van der Waals surface area contributed by atoms with Crippen molar-refractivity contribution in [3.05, 3.63) is 59.2 Å². The standard InChI is InChI=1S/C24H30N2O5S/c1-30-23-11-10-20(32(28,29)26-13-15-31-16-14-26)17-19(23)9-12-24(27)25-22-8-4-6-18-5-2-3-7-21(18)22/h2-3,5,7,10-11,17,22H,4,6,8-9,12-16H2,1H3,(H,25,27)/t22-/m0/s1. The van der Waals surface area contributed by atoms with Crippen LogP contribution in [0, 0.1) is 0 Å². The number of sulfonamides is 1. The van der Waals surface area contributed by atoms with Gasteiger partial charge in [0.2, 0.25) is 15.9 Å². The fourth-order valence-corrected chi connectivity index (χ4v) is 5.92. The highest BCUT2D eigenvalue weighted by atomic mass is 32.2. The second-order valence-electron chi connectivity index (χ2n) is 8.20. The fraction of sp³-hybridized carbons (Fsp3) is 0.458. The van der Waals surface area contributed by atoms with E-state index in [1.54, 1.807) is 25.3 Å². The molecule has 2 aromatic rings. The first kappa shape index (κ1) is 22.8. The average molecular weight is 459 g/mol. The molecule has 7 nitrogen and oxygen atoms in total. The maximum atomic E-state index is 13.0. The van der Waals surface area contributed by atoms with Crippen LogP contribution in [0.3, 0.4) is 0 Å². The van der Waals surface area contributed by atoms with Gasteiger partial charge in [-0.3, -0.25) is 4.79 Å². The van der Waals surface area contributed by atoms with Gasteiger partial charge in [0, 0.05) is 19.5 Å².